The molecule has 1 atom stereocenters. The standard InChI is InChI=1S/C16H31NO3/c1-5-11-17-16(4,15(18)19-6-2)12-20-14-9-7-13(3)8-10-14/h13-14,17H,5-12H2,1-4H3. The fraction of sp³-hybridized carbons (Fsp3) is 0.938. The van der Waals surface area contributed by atoms with Crippen LogP contribution in [0.5, 0.6) is 0 Å². The maximum Gasteiger partial charge on any atom is 0.328 e. The summed E-state index contributed by atoms with van der Waals surface area (Å²) >= 11 is 0. The third kappa shape index (κ3) is 5.41. The van der Waals surface area contributed by atoms with Crippen molar-refractivity contribution in [1.82, 2.24) is 5.32 Å². The van der Waals surface area contributed by atoms with Crippen LogP contribution in [0.1, 0.15) is 59.8 Å². The topological polar surface area (TPSA) is 47.6 Å². The van der Waals surface area contributed by atoms with Gasteiger partial charge in [0, 0.05) is 0 Å². The number of esters is 1. The van der Waals surface area contributed by atoms with Crippen LogP contribution in [0.15, 0.2) is 0 Å². The van der Waals surface area contributed by atoms with Gasteiger partial charge >= 0.3 is 5.97 Å². The van der Waals surface area contributed by atoms with E-state index in [4.69, 9.17) is 9.47 Å². The van der Waals surface area contributed by atoms with Crippen molar-refractivity contribution in [3.8, 4) is 0 Å². The van der Waals surface area contributed by atoms with E-state index in [0.29, 0.717) is 19.3 Å². The van der Waals surface area contributed by atoms with E-state index in [9.17, 15) is 4.79 Å². The molecule has 0 aromatic heterocycles. The van der Waals surface area contributed by atoms with E-state index in [0.717, 1.165) is 31.7 Å². The average molecular weight is 285 g/mol. The third-order valence-electron chi connectivity index (χ3n) is 4.06. The summed E-state index contributed by atoms with van der Waals surface area (Å²) in [6.07, 6.45) is 5.94. The van der Waals surface area contributed by atoms with Gasteiger partial charge in [-0.25, -0.2) is 4.79 Å². The van der Waals surface area contributed by atoms with Crippen molar-refractivity contribution in [2.45, 2.75) is 71.4 Å². The van der Waals surface area contributed by atoms with Gasteiger partial charge in [-0.15, -0.1) is 0 Å². The Hall–Kier alpha value is -0.610. The Morgan fingerprint density at radius 1 is 1.25 bits per heavy atom. The molecule has 118 valence electrons. The van der Waals surface area contributed by atoms with Gasteiger partial charge in [-0.3, -0.25) is 0 Å². The number of hydrogen-bond donors (Lipinski definition) is 1. The summed E-state index contributed by atoms with van der Waals surface area (Å²) in [5.41, 5.74) is -0.727. The molecule has 0 saturated heterocycles. The quantitative estimate of drug-likeness (QED) is 0.697. The molecule has 0 amide bonds. The monoisotopic (exact) mass is 285 g/mol. The van der Waals surface area contributed by atoms with Crippen LogP contribution in [0.25, 0.3) is 0 Å². The predicted molar refractivity (Wildman–Crippen MR) is 80.7 cm³/mol. The third-order valence-corrected chi connectivity index (χ3v) is 4.06. The summed E-state index contributed by atoms with van der Waals surface area (Å²) in [6.45, 7) is 9.69. The maximum absolute atomic E-state index is 12.1. The van der Waals surface area contributed by atoms with E-state index >= 15 is 0 Å². The molecule has 0 aromatic rings. The fourth-order valence-corrected chi connectivity index (χ4v) is 2.55. The van der Waals surface area contributed by atoms with E-state index in [1.807, 2.05) is 13.8 Å². The van der Waals surface area contributed by atoms with E-state index in [2.05, 4.69) is 19.2 Å². The summed E-state index contributed by atoms with van der Waals surface area (Å²) in [4.78, 5) is 12.1. The van der Waals surface area contributed by atoms with Gasteiger partial charge in [0.1, 0.15) is 5.54 Å². The van der Waals surface area contributed by atoms with Gasteiger partial charge in [-0.1, -0.05) is 13.8 Å². The van der Waals surface area contributed by atoms with Gasteiger partial charge in [-0.05, 0) is 58.4 Å². The van der Waals surface area contributed by atoms with Gasteiger partial charge in [0.15, 0.2) is 0 Å². The molecule has 4 heteroatoms. The lowest BCUT2D eigenvalue weighted by atomic mass is 9.89. The first kappa shape index (κ1) is 17.4. The highest BCUT2D eigenvalue weighted by molar-refractivity contribution is 5.80. The predicted octanol–water partition coefficient (Wildman–Crippen LogP) is 2.90. The summed E-state index contributed by atoms with van der Waals surface area (Å²) in [6, 6.07) is 0. The lowest BCUT2D eigenvalue weighted by Crippen LogP contribution is -2.54. The summed E-state index contributed by atoms with van der Waals surface area (Å²) in [5, 5.41) is 3.28. The molecule has 1 aliphatic carbocycles. The molecule has 1 N–H and O–H groups in total. The minimum Gasteiger partial charge on any atom is -0.465 e. The molecule has 0 radical (unpaired) electrons. The van der Waals surface area contributed by atoms with Gasteiger partial charge < -0.3 is 14.8 Å². The minimum atomic E-state index is -0.727. The molecule has 1 fully saturated rings. The van der Waals surface area contributed by atoms with E-state index < -0.39 is 5.54 Å². The van der Waals surface area contributed by atoms with Crippen molar-refractivity contribution in [1.29, 1.82) is 0 Å². The highest BCUT2D eigenvalue weighted by Crippen LogP contribution is 2.26. The van der Waals surface area contributed by atoms with Crippen LogP contribution in [0.3, 0.4) is 0 Å². The van der Waals surface area contributed by atoms with Gasteiger partial charge in [0.2, 0.25) is 0 Å². The zero-order valence-corrected chi connectivity index (χ0v) is 13.5. The number of nitrogens with one attached hydrogen (secondary N) is 1. The molecule has 1 aliphatic rings. The second-order valence-corrected chi connectivity index (χ2v) is 6.17. The highest BCUT2D eigenvalue weighted by Gasteiger charge is 2.35. The number of hydrogen-bond acceptors (Lipinski definition) is 4. The van der Waals surface area contributed by atoms with Gasteiger partial charge in [-0.2, -0.15) is 0 Å². The van der Waals surface area contributed by atoms with Crippen LogP contribution < -0.4 is 5.32 Å². The second-order valence-electron chi connectivity index (χ2n) is 6.17. The Kier molecular flexibility index (Phi) is 7.52. The lowest BCUT2D eigenvalue weighted by molar-refractivity contribution is -0.154. The molecule has 0 heterocycles. The van der Waals surface area contributed by atoms with Gasteiger partial charge in [0.25, 0.3) is 0 Å². The molecule has 20 heavy (non-hydrogen) atoms. The van der Waals surface area contributed by atoms with Crippen molar-refractivity contribution >= 4 is 5.97 Å². The molecule has 1 saturated carbocycles. The Bertz CT molecular complexity index is 287. The molecular formula is C16H31NO3. The smallest absolute Gasteiger partial charge is 0.328 e. The first-order valence-corrected chi connectivity index (χ1v) is 8.05. The summed E-state index contributed by atoms with van der Waals surface area (Å²) in [7, 11) is 0. The zero-order chi connectivity index (χ0) is 15.0. The fourth-order valence-electron chi connectivity index (χ4n) is 2.55. The first-order valence-electron chi connectivity index (χ1n) is 8.05. The van der Waals surface area contributed by atoms with Crippen LogP contribution in [0.2, 0.25) is 0 Å². The highest BCUT2D eigenvalue weighted by atomic mass is 16.5. The van der Waals surface area contributed by atoms with Crippen molar-refractivity contribution in [3.05, 3.63) is 0 Å². The van der Waals surface area contributed by atoms with Crippen LogP contribution in [0.4, 0.5) is 0 Å². The number of carbonyl (C=O) groups excluding carboxylic acids is 1. The first-order chi connectivity index (χ1) is 9.51. The van der Waals surface area contributed by atoms with Crippen molar-refractivity contribution < 1.29 is 14.3 Å². The van der Waals surface area contributed by atoms with Crippen LogP contribution in [-0.4, -0.2) is 37.4 Å². The van der Waals surface area contributed by atoms with Crippen LogP contribution in [-0.2, 0) is 14.3 Å². The largest absolute Gasteiger partial charge is 0.465 e. The average Bonchev–Trinajstić information content (AvgIpc) is 2.45. The molecule has 1 rings (SSSR count). The summed E-state index contributed by atoms with van der Waals surface area (Å²) < 4.78 is 11.2. The molecule has 0 aromatic carbocycles. The molecule has 0 aliphatic heterocycles. The van der Waals surface area contributed by atoms with E-state index in [1.54, 1.807) is 0 Å². The van der Waals surface area contributed by atoms with Crippen molar-refractivity contribution in [3.63, 3.8) is 0 Å². The SMILES string of the molecule is CCCNC(C)(COC1CCC(C)CC1)C(=O)OCC. The number of ether oxygens (including phenoxy) is 2. The number of carbonyl (C=O) groups is 1. The Morgan fingerprint density at radius 3 is 2.45 bits per heavy atom. The van der Waals surface area contributed by atoms with Crippen LogP contribution in [0, 0.1) is 5.92 Å². The molecule has 4 nitrogen and oxygen atoms in total. The van der Waals surface area contributed by atoms with Crippen molar-refractivity contribution in [2.24, 2.45) is 5.92 Å². The molecular weight excluding hydrogens is 254 g/mol. The maximum atomic E-state index is 12.1. The second kappa shape index (κ2) is 8.63. The molecule has 0 bridgehead atoms. The molecule has 1 unspecified atom stereocenters. The van der Waals surface area contributed by atoms with Crippen LogP contribution >= 0.6 is 0 Å². The minimum absolute atomic E-state index is 0.211. The Balaban J connectivity index is 2.49. The number of rotatable bonds is 8. The van der Waals surface area contributed by atoms with E-state index in [1.165, 1.54) is 12.8 Å². The van der Waals surface area contributed by atoms with Crippen molar-refractivity contribution in [2.75, 3.05) is 19.8 Å². The van der Waals surface area contributed by atoms with E-state index in [-0.39, 0.29) is 5.97 Å². The lowest BCUT2D eigenvalue weighted by Gasteiger charge is -2.32. The van der Waals surface area contributed by atoms with Gasteiger partial charge in [0.05, 0.1) is 19.3 Å². The normalized spacial score (nSPS) is 26.0. The Morgan fingerprint density at radius 2 is 1.90 bits per heavy atom. The Labute approximate surface area is 123 Å². The molecule has 0 spiro atoms. The zero-order valence-electron chi connectivity index (χ0n) is 13.5. The summed E-state index contributed by atoms with van der Waals surface area (Å²) in [5.74, 6) is 0.599.